The van der Waals surface area contributed by atoms with Crippen molar-refractivity contribution in [2.24, 2.45) is 0 Å². The minimum atomic E-state index is -2.94. The number of carbonyl (C=O) groups excluding carboxylic acids is 1. The third-order valence-corrected chi connectivity index (χ3v) is 5.55. The molecular weight excluding hydrogens is 452 g/mol. The number of amides is 1. The maximum absolute atomic E-state index is 13.6. The maximum Gasteiger partial charge on any atom is 0.280 e. The molecule has 1 amide bonds. The molecule has 1 aliphatic rings. The number of benzene rings is 2. The van der Waals surface area contributed by atoms with Crippen molar-refractivity contribution in [3.8, 4) is 17.0 Å². The van der Waals surface area contributed by atoms with Crippen LogP contribution in [0.2, 0.25) is 0 Å². The van der Waals surface area contributed by atoms with E-state index in [2.05, 4.69) is 4.98 Å². The zero-order valence-corrected chi connectivity index (χ0v) is 18.4. The summed E-state index contributed by atoms with van der Waals surface area (Å²) in [6.45, 7) is 2.45. The SMILES string of the molecule is CC(C)(O)c1ccc(N2Cc3c(cc(C(F)F)nc3-c3ccccc3OCC(F)F)C2=O)cc1. The lowest BCUT2D eigenvalue weighted by Gasteiger charge is -2.20. The van der Waals surface area contributed by atoms with Crippen molar-refractivity contribution >= 4 is 11.6 Å². The lowest BCUT2D eigenvalue weighted by Crippen LogP contribution is -2.23. The average Bonchev–Trinajstić information content (AvgIpc) is 3.13. The topological polar surface area (TPSA) is 62.7 Å². The quantitative estimate of drug-likeness (QED) is 0.445. The Morgan fingerprint density at radius 2 is 1.74 bits per heavy atom. The minimum absolute atomic E-state index is 0.0467. The molecular formula is C25H22F4N2O3. The highest BCUT2D eigenvalue weighted by Crippen LogP contribution is 2.39. The van der Waals surface area contributed by atoms with E-state index in [0.29, 0.717) is 16.8 Å². The molecule has 1 aromatic heterocycles. The van der Waals surface area contributed by atoms with Crippen molar-refractivity contribution in [2.45, 2.75) is 38.8 Å². The number of hydrogen-bond acceptors (Lipinski definition) is 4. The Morgan fingerprint density at radius 1 is 1.06 bits per heavy atom. The van der Waals surface area contributed by atoms with Gasteiger partial charge in [0.05, 0.1) is 17.8 Å². The van der Waals surface area contributed by atoms with Crippen molar-refractivity contribution in [3.05, 3.63) is 77.0 Å². The molecule has 0 saturated heterocycles. The van der Waals surface area contributed by atoms with Gasteiger partial charge in [0.2, 0.25) is 0 Å². The molecule has 3 aromatic rings. The van der Waals surface area contributed by atoms with Crippen LogP contribution in [0.25, 0.3) is 11.3 Å². The number of rotatable bonds is 7. The number of alkyl halides is 4. The first kappa shape index (κ1) is 23.7. The van der Waals surface area contributed by atoms with Gasteiger partial charge in [-0.25, -0.2) is 22.5 Å². The fourth-order valence-corrected chi connectivity index (χ4v) is 3.85. The Bertz CT molecular complexity index is 1210. The highest BCUT2D eigenvalue weighted by molar-refractivity contribution is 6.11. The van der Waals surface area contributed by atoms with E-state index in [1.807, 2.05) is 0 Å². The number of aromatic nitrogens is 1. The number of carbonyl (C=O) groups is 1. The molecule has 2 aromatic carbocycles. The summed E-state index contributed by atoms with van der Waals surface area (Å²) in [5.74, 6) is -0.424. The van der Waals surface area contributed by atoms with Gasteiger partial charge in [-0.2, -0.15) is 0 Å². The Balaban J connectivity index is 1.78. The van der Waals surface area contributed by atoms with Crippen LogP contribution in [-0.2, 0) is 12.1 Å². The molecule has 0 saturated carbocycles. The molecule has 0 atom stereocenters. The minimum Gasteiger partial charge on any atom is -0.487 e. The molecule has 1 aliphatic heterocycles. The molecule has 0 spiro atoms. The first-order valence-corrected chi connectivity index (χ1v) is 10.5. The average molecular weight is 474 g/mol. The third kappa shape index (κ3) is 4.61. The van der Waals surface area contributed by atoms with Crippen LogP contribution in [-0.4, -0.2) is 29.0 Å². The second-order valence-corrected chi connectivity index (χ2v) is 8.42. The zero-order valence-electron chi connectivity index (χ0n) is 18.4. The molecule has 0 aliphatic carbocycles. The summed E-state index contributed by atoms with van der Waals surface area (Å²) < 4.78 is 58.0. The van der Waals surface area contributed by atoms with E-state index in [9.17, 15) is 27.5 Å². The first-order valence-electron chi connectivity index (χ1n) is 10.5. The number of ether oxygens (including phenoxy) is 1. The van der Waals surface area contributed by atoms with Gasteiger partial charge in [-0.15, -0.1) is 0 Å². The smallest absolute Gasteiger partial charge is 0.280 e. The van der Waals surface area contributed by atoms with E-state index in [1.165, 1.54) is 17.0 Å². The van der Waals surface area contributed by atoms with Crippen LogP contribution in [0, 0.1) is 0 Å². The fourth-order valence-electron chi connectivity index (χ4n) is 3.85. The van der Waals surface area contributed by atoms with E-state index in [4.69, 9.17) is 4.74 Å². The summed E-state index contributed by atoms with van der Waals surface area (Å²) in [5, 5.41) is 10.2. The summed E-state index contributed by atoms with van der Waals surface area (Å²) in [6.07, 6.45) is -5.66. The van der Waals surface area contributed by atoms with E-state index in [0.717, 1.165) is 6.07 Å². The molecule has 4 rings (SSSR count). The normalized spacial score (nSPS) is 13.7. The Morgan fingerprint density at radius 3 is 2.35 bits per heavy atom. The van der Waals surface area contributed by atoms with Crippen LogP contribution in [0.1, 0.15) is 47.5 Å². The third-order valence-electron chi connectivity index (χ3n) is 5.55. The van der Waals surface area contributed by atoms with Crippen LogP contribution in [0.3, 0.4) is 0 Å². The van der Waals surface area contributed by atoms with Crippen LogP contribution < -0.4 is 9.64 Å². The number of aliphatic hydroxyl groups is 1. The second kappa shape index (κ2) is 9.06. The number of nitrogens with zero attached hydrogens (tertiary/aromatic N) is 2. The summed E-state index contributed by atoms with van der Waals surface area (Å²) in [6, 6.07) is 13.9. The van der Waals surface area contributed by atoms with E-state index in [1.54, 1.807) is 50.2 Å². The van der Waals surface area contributed by atoms with Gasteiger partial charge in [0, 0.05) is 22.4 Å². The zero-order chi connectivity index (χ0) is 24.6. The lowest BCUT2D eigenvalue weighted by atomic mass is 9.98. The summed E-state index contributed by atoms with van der Waals surface area (Å²) in [4.78, 5) is 18.7. The lowest BCUT2D eigenvalue weighted by molar-refractivity contribution is 0.0786. The number of anilines is 1. The molecule has 0 radical (unpaired) electrons. The predicted octanol–water partition coefficient (Wildman–Crippen LogP) is 5.72. The van der Waals surface area contributed by atoms with Gasteiger partial charge in [-0.3, -0.25) is 4.79 Å². The number of fused-ring (bicyclic) bond motifs is 1. The Hall–Kier alpha value is -3.46. The van der Waals surface area contributed by atoms with Crippen LogP contribution in [0.15, 0.2) is 54.6 Å². The van der Waals surface area contributed by atoms with Crippen molar-refractivity contribution < 1.29 is 32.2 Å². The molecule has 5 nitrogen and oxygen atoms in total. The van der Waals surface area contributed by atoms with Gasteiger partial charge < -0.3 is 14.7 Å². The van der Waals surface area contributed by atoms with Crippen molar-refractivity contribution in [2.75, 3.05) is 11.5 Å². The van der Waals surface area contributed by atoms with Crippen molar-refractivity contribution in [3.63, 3.8) is 0 Å². The van der Waals surface area contributed by atoms with Crippen LogP contribution in [0.4, 0.5) is 23.2 Å². The molecule has 9 heteroatoms. The number of halogens is 4. The number of pyridine rings is 1. The van der Waals surface area contributed by atoms with Gasteiger partial charge >= 0.3 is 0 Å². The van der Waals surface area contributed by atoms with Crippen molar-refractivity contribution in [1.82, 2.24) is 4.98 Å². The predicted molar refractivity (Wildman–Crippen MR) is 118 cm³/mol. The summed E-state index contributed by atoms with van der Waals surface area (Å²) in [5.41, 5.74) is 0.292. The van der Waals surface area contributed by atoms with Gasteiger partial charge in [0.15, 0.2) is 0 Å². The fraction of sp³-hybridized carbons (Fsp3) is 0.280. The van der Waals surface area contributed by atoms with Crippen LogP contribution >= 0.6 is 0 Å². The number of hydrogen-bond donors (Lipinski definition) is 1. The monoisotopic (exact) mass is 474 g/mol. The molecule has 1 N–H and O–H groups in total. The highest BCUT2D eigenvalue weighted by Gasteiger charge is 2.34. The highest BCUT2D eigenvalue weighted by atomic mass is 19.3. The standard InChI is InChI=1S/C25H22F4N2O3/c1-25(2,33)14-7-9-15(10-8-14)31-12-18-17(24(31)32)11-19(23(28)29)30-22(18)16-5-3-4-6-20(16)34-13-21(26)27/h3-11,21,23,33H,12-13H2,1-2H3. The van der Waals surface area contributed by atoms with E-state index >= 15 is 0 Å². The molecule has 178 valence electrons. The van der Waals surface area contributed by atoms with E-state index in [-0.39, 0.29) is 29.1 Å². The van der Waals surface area contributed by atoms with E-state index < -0.39 is 36.7 Å². The molecule has 0 unspecified atom stereocenters. The number of para-hydroxylation sites is 1. The van der Waals surface area contributed by atoms with Crippen LogP contribution in [0.5, 0.6) is 5.75 Å². The van der Waals surface area contributed by atoms with Gasteiger partial charge in [0.25, 0.3) is 18.8 Å². The molecule has 34 heavy (non-hydrogen) atoms. The van der Waals surface area contributed by atoms with Gasteiger partial charge in [-0.1, -0.05) is 24.3 Å². The summed E-state index contributed by atoms with van der Waals surface area (Å²) >= 11 is 0. The Labute approximate surface area is 193 Å². The second-order valence-electron chi connectivity index (χ2n) is 8.42. The van der Waals surface area contributed by atoms with Gasteiger partial charge in [-0.05, 0) is 49.7 Å². The first-order chi connectivity index (χ1) is 16.1. The Kier molecular flexibility index (Phi) is 6.31. The molecule has 0 bridgehead atoms. The van der Waals surface area contributed by atoms with Gasteiger partial charge in [0.1, 0.15) is 18.1 Å². The largest absolute Gasteiger partial charge is 0.487 e. The van der Waals surface area contributed by atoms with Crippen molar-refractivity contribution in [1.29, 1.82) is 0 Å². The maximum atomic E-state index is 13.6. The molecule has 2 heterocycles. The molecule has 0 fully saturated rings. The summed E-state index contributed by atoms with van der Waals surface area (Å²) in [7, 11) is 0.